The van der Waals surface area contributed by atoms with Crippen LogP contribution in [0.25, 0.3) is 16.1 Å². The summed E-state index contributed by atoms with van der Waals surface area (Å²) in [6, 6.07) is 17.3. The second kappa shape index (κ2) is 16.1. The van der Waals surface area contributed by atoms with Gasteiger partial charge in [-0.05, 0) is 67.3 Å². The van der Waals surface area contributed by atoms with Gasteiger partial charge in [-0.25, -0.2) is 4.98 Å². The van der Waals surface area contributed by atoms with Gasteiger partial charge in [-0.15, -0.1) is 21.5 Å². The number of ether oxygens (including phenoxy) is 1. The van der Waals surface area contributed by atoms with Gasteiger partial charge in [0.2, 0.25) is 11.8 Å². The number of nitrogens with one attached hydrogen (secondary N) is 1. The molecule has 0 spiro atoms. The Morgan fingerprint density at radius 1 is 0.911 bits per heavy atom. The van der Waals surface area contributed by atoms with Crippen LogP contribution in [0.15, 0.2) is 65.8 Å². The number of carbonyl (C=O) groups excluding carboxylic acids is 3. The molecule has 3 aliphatic rings. The zero-order valence-corrected chi connectivity index (χ0v) is 33.3. The summed E-state index contributed by atoms with van der Waals surface area (Å²) in [5, 5.41) is 13.4. The number of benzene rings is 2. The highest BCUT2D eigenvalue weighted by Crippen LogP contribution is 2.39. The molecule has 3 aromatic heterocycles. The van der Waals surface area contributed by atoms with E-state index in [2.05, 4.69) is 52.5 Å². The van der Waals surface area contributed by atoms with Crippen LogP contribution >= 0.6 is 22.9 Å². The van der Waals surface area contributed by atoms with Crippen molar-refractivity contribution in [3.8, 4) is 16.1 Å². The van der Waals surface area contributed by atoms with Gasteiger partial charge < -0.3 is 19.9 Å². The largest absolute Gasteiger partial charge is 0.379 e. The Morgan fingerprint density at radius 3 is 2.43 bits per heavy atom. The van der Waals surface area contributed by atoms with E-state index in [9.17, 15) is 14.4 Å². The Morgan fingerprint density at radius 2 is 1.66 bits per heavy atom. The number of aromatic nitrogens is 4. The molecule has 288 valence electrons. The van der Waals surface area contributed by atoms with Crippen molar-refractivity contribution in [2.45, 2.75) is 52.5 Å². The van der Waals surface area contributed by atoms with Crippen LogP contribution in [0.2, 0.25) is 5.02 Å². The molecule has 1 aliphatic carbocycles. The molecule has 0 unspecified atom stereocenters. The van der Waals surface area contributed by atoms with Crippen LogP contribution < -0.4 is 10.2 Å². The summed E-state index contributed by atoms with van der Waals surface area (Å²) in [7, 11) is 0. The number of carbonyl (C=O) groups is 3. The molecule has 5 aromatic rings. The topological polar surface area (TPSA) is 135 Å². The van der Waals surface area contributed by atoms with Gasteiger partial charge in [0.05, 0.1) is 31.8 Å². The molecule has 2 aromatic carbocycles. The number of rotatable bonds is 11. The number of hydrogen-bond donors (Lipinski definition) is 1. The molecule has 1 saturated heterocycles. The number of aliphatic imine (C=N–C) groups is 1. The number of hydrogen-bond acceptors (Lipinski definition) is 10. The Hall–Kier alpha value is -5.24. The quantitative estimate of drug-likeness (QED) is 0.166. The maximum absolute atomic E-state index is 13.3. The van der Waals surface area contributed by atoms with Crippen LogP contribution in [0.5, 0.6) is 0 Å². The van der Waals surface area contributed by atoms with E-state index in [1.807, 2.05) is 59.0 Å². The summed E-state index contributed by atoms with van der Waals surface area (Å²) < 4.78 is 7.79. The van der Waals surface area contributed by atoms with Gasteiger partial charge in [0, 0.05) is 78.4 Å². The standard InChI is InChI=1S/C42H43ClN8O4S/c1-25-26(2)56-42-39(25)40(28-6-9-33(43)10-7-28)46-35(41-48-47-27(3)51(41)42)23-37(53)44-13-19-55-18-12-38(54)50-16-14-49(15-17-50)36-11-8-31(24-45-36)29-4-5-30-21-34(52)22-32(30)20-29/h4-11,20,24,35H,12-19,21-23H2,1-3H3,(H,44,53)/t35-/m0/s1. The summed E-state index contributed by atoms with van der Waals surface area (Å²) in [6.45, 7) is 9.59. The zero-order valence-electron chi connectivity index (χ0n) is 31.7. The Labute approximate surface area is 334 Å². The lowest BCUT2D eigenvalue weighted by Crippen LogP contribution is -2.49. The Bertz CT molecular complexity index is 2330. The molecular formula is C42H43ClN8O4S. The van der Waals surface area contributed by atoms with E-state index in [1.54, 1.807) is 11.3 Å². The minimum atomic E-state index is -0.556. The summed E-state index contributed by atoms with van der Waals surface area (Å²) in [5.74, 6) is 2.38. The SMILES string of the molecule is Cc1sc2c(c1C)C(c1ccc(Cl)cc1)=N[C@@H](CC(=O)NCCOCCC(=O)N1CCN(c3ccc(-c4ccc5c(c4)CC(=O)C5)cn3)CC1)c1nnc(C)n1-2. The summed E-state index contributed by atoms with van der Waals surface area (Å²) in [4.78, 5) is 53.2. The first-order chi connectivity index (χ1) is 27.1. The third kappa shape index (κ3) is 7.75. The number of thiophene rings is 1. The average molecular weight is 791 g/mol. The van der Waals surface area contributed by atoms with Crippen molar-refractivity contribution in [3.05, 3.63) is 110 Å². The Kier molecular flexibility index (Phi) is 10.8. The fourth-order valence-electron chi connectivity index (χ4n) is 7.62. The fraction of sp³-hybridized carbons (Fsp3) is 0.357. The van der Waals surface area contributed by atoms with Crippen molar-refractivity contribution in [1.29, 1.82) is 0 Å². The number of piperazine rings is 1. The van der Waals surface area contributed by atoms with Crippen LogP contribution in [0.4, 0.5) is 5.82 Å². The number of halogens is 1. The van der Waals surface area contributed by atoms with E-state index < -0.39 is 6.04 Å². The highest BCUT2D eigenvalue weighted by molar-refractivity contribution is 7.15. The van der Waals surface area contributed by atoms with Crippen molar-refractivity contribution in [1.82, 2.24) is 30.0 Å². The first-order valence-corrected chi connectivity index (χ1v) is 20.2. The van der Waals surface area contributed by atoms with E-state index in [1.165, 1.54) is 4.88 Å². The van der Waals surface area contributed by atoms with Crippen LogP contribution in [0.3, 0.4) is 0 Å². The number of aryl methyl sites for hydroxylation is 2. The molecule has 1 fully saturated rings. The molecule has 1 N–H and O–H groups in total. The van der Waals surface area contributed by atoms with Gasteiger partial charge in [-0.1, -0.05) is 41.9 Å². The predicted molar refractivity (Wildman–Crippen MR) is 217 cm³/mol. The van der Waals surface area contributed by atoms with Crippen molar-refractivity contribution in [3.63, 3.8) is 0 Å². The second-order valence-corrected chi connectivity index (χ2v) is 16.1. The van der Waals surface area contributed by atoms with E-state index in [0.29, 0.717) is 56.4 Å². The third-order valence-electron chi connectivity index (χ3n) is 10.8. The predicted octanol–water partition coefficient (Wildman–Crippen LogP) is 5.79. The Balaban J connectivity index is 0.793. The van der Waals surface area contributed by atoms with Crippen LogP contribution in [0, 0.1) is 20.8 Å². The molecule has 14 heteroatoms. The van der Waals surface area contributed by atoms with Crippen molar-refractivity contribution in [2.24, 2.45) is 4.99 Å². The summed E-state index contributed by atoms with van der Waals surface area (Å²) in [5.41, 5.74) is 8.18. The summed E-state index contributed by atoms with van der Waals surface area (Å²) in [6.07, 6.45) is 3.28. The minimum Gasteiger partial charge on any atom is -0.379 e. The highest BCUT2D eigenvalue weighted by atomic mass is 35.5. The lowest BCUT2D eigenvalue weighted by molar-refractivity contribution is -0.132. The molecule has 0 saturated carbocycles. The maximum atomic E-state index is 13.3. The monoisotopic (exact) mass is 790 g/mol. The molecule has 12 nitrogen and oxygen atoms in total. The number of ketones is 1. The van der Waals surface area contributed by atoms with Crippen LogP contribution in [-0.4, -0.2) is 93.9 Å². The number of anilines is 1. The van der Waals surface area contributed by atoms with E-state index in [4.69, 9.17) is 26.3 Å². The van der Waals surface area contributed by atoms with Gasteiger partial charge >= 0.3 is 0 Å². The lowest BCUT2D eigenvalue weighted by Gasteiger charge is -2.35. The molecule has 0 bridgehead atoms. The van der Waals surface area contributed by atoms with E-state index >= 15 is 0 Å². The molecule has 2 aliphatic heterocycles. The van der Waals surface area contributed by atoms with Crippen LogP contribution in [0.1, 0.15) is 63.2 Å². The molecule has 1 atom stereocenters. The molecule has 5 heterocycles. The number of Topliss-reactive ketones (excluding diaryl/α,β-unsaturated/α-hetero) is 1. The molecule has 0 radical (unpaired) electrons. The molecular weight excluding hydrogens is 748 g/mol. The number of nitrogens with zero attached hydrogens (tertiary/aromatic N) is 7. The lowest BCUT2D eigenvalue weighted by atomic mass is 9.99. The van der Waals surface area contributed by atoms with Crippen molar-refractivity contribution >= 4 is 52.1 Å². The smallest absolute Gasteiger partial charge is 0.225 e. The van der Waals surface area contributed by atoms with Gasteiger partial charge in [-0.3, -0.25) is 23.9 Å². The highest BCUT2D eigenvalue weighted by Gasteiger charge is 2.32. The first kappa shape index (κ1) is 37.7. The maximum Gasteiger partial charge on any atom is 0.225 e. The number of amides is 2. The number of pyridine rings is 1. The minimum absolute atomic E-state index is 0.0492. The van der Waals surface area contributed by atoms with Crippen molar-refractivity contribution in [2.75, 3.05) is 50.8 Å². The molecule has 56 heavy (non-hydrogen) atoms. The van der Waals surface area contributed by atoms with Gasteiger partial charge in [0.1, 0.15) is 28.5 Å². The third-order valence-corrected chi connectivity index (χ3v) is 12.2. The van der Waals surface area contributed by atoms with Gasteiger partial charge in [0.15, 0.2) is 5.82 Å². The van der Waals surface area contributed by atoms with E-state index in [-0.39, 0.29) is 43.7 Å². The number of fused-ring (bicyclic) bond motifs is 4. The normalized spacial score (nSPS) is 16.2. The fourth-order valence-corrected chi connectivity index (χ4v) is 8.96. The molecule has 8 rings (SSSR count). The van der Waals surface area contributed by atoms with Crippen molar-refractivity contribution < 1.29 is 19.1 Å². The first-order valence-electron chi connectivity index (χ1n) is 19.0. The second-order valence-electron chi connectivity index (χ2n) is 14.5. The summed E-state index contributed by atoms with van der Waals surface area (Å²) >= 11 is 7.89. The van der Waals surface area contributed by atoms with Gasteiger partial charge in [0.25, 0.3) is 0 Å². The average Bonchev–Trinajstić information content (AvgIpc) is 3.84. The van der Waals surface area contributed by atoms with Crippen LogP contribution in [-0.2, 0) is 32.0 Å². The van der Waals surface area contributed by atoms with Gasteiger partial charge in [-0.2, -0.15) is 0 Å². The van der Waals surface area contributed by atoms with E-state index in [0.717, 1.165) is 61.3 Å². The molecule has 2 amide bonds. The zero-order chi connectivity index (χ0) is 38.9.